The summed E-state index contributed by atoms with van der Waals surface area (Å²) in [4.78, 5) is 11.9. The Morgan fingerprint density at radius 1 is 1.19 bits per heavy atom. The van der Waals surface area contributed by atoms with Crippen molar-refractivity contribution in [1.29, 1.82) is 0 Å². The summed E-state index contributed by atoms with van der Waals surface area (Å²) >= 11 is 0. The van der Waals surface area contributed by atoms with Crippen LogP contribution >= 0.6 is 0 Å². The quantitative estimate of drug-likeness (QED) is 0.515. The molecule has 1 aliphatic rings. The molecule has 0 aliphatic carbocycles. The highest BCUT2D eigenvalue weighted by atomic mass is 16.5. The summed E-state index contributed by atoms with van der Waals surface area (Å²) < 4.78 is 5.40. The third kappa shape index (κ3) is 8.39. The van der Waals surface area contributed by atoms with Crippen LogP contribution in [0.3, 0.4) is 0 Å². The lowest BCUT2D eigenvalue weighted by Gasteiger charge is -2.34. The lowest BCUT2D eigenvalue weighted by molar-refractivity contribution is -0.146. The summed E-state index contributed by atoms with van der Waals surface area (Å²) in [5, 5.41) is 10.2. The summed E-state index contributed by atoms with van der Waals surface area (Å²) in [6.45, 7) is 14.2. The van der Waals surface area contributed by atoms with E-state index >= 15 is 0 Å². The smallest absolute Gasteiger partial charge is 0.323 e. The van der Waals surface area contributed by atoms with Gasteiger partial charge in [0.25, 0.3) is 0 Å². The number of nitrogens with one attached hydrogen (secondary N) is 3. The highest BCUT2D eigenvalue weighted by molar-refractivity contribution is 5.76. The maximum Gasteiger partial charge on any atom is 0.323 e. The van der Waals surface area contributed by atoms with Crippen molar-refractivity contribution in [3.05, 3.63) is 0 Å². The molecule has 1 aliphatic heterocycles. The number of ether oxygens (including phenoxy) is 1. The van der Waals surface area contributed by atoms with Crippen LogP contribution in [-0.2, 0) is 9.53 Å². The van der Waals surface area contributed by atoms with Gasteiger partial charge in [0.2, 0.25) is 0 Å². The van der Waals surface area contributed by atoms with Crippen LogP contribution in [0.1, 0.15) is 60.8 Å². The Kier molecular flexibility index (Phi) is 6.63. The van der Waals surface area contributed by atoms with Crippen LogP contribution in [0.5, 0.6) is 0 Å². The van der Waals surface area contributed by atoms with Crippen molar-refractivity contribution in [2.45, 2.75) is 84.1 Å². The first-order chi connectivity index (χ1) is 9.57. The van der Waals surface area contributed by atoms with E-state index in [0.717, 1.165) is 25.8 Å². The molecule has 21 heavy (non-hydrogen) atoms. The summed E-state index contributed by atoms with van der Waals surface area (Å²) in [6.07, 6.45) is 2.82. The molecule has 1 fully saturated rings. The van der Waals surface area contributed by atoms with Crippen LogP contribution in [0, 0.1) is 0 Å². The minimum atomic E-state index is -0.113. The van der Waals surface area contributed by atoms with Crippen molar-refractivity contribution >= 4 is 5.97 Å². The van der Waals surface area contributed by atoms with Gasteiger partial charge in [0.05, 0.1) is 12.8 Å². The van der Waals surface area contributed by atoms with Gasteiger partial charge in [-0.3, -0.25) is 15.4 Å². The van der Waals surface area contributed by atoms with E-state index in [1.165, 1.54) is 0 Å². The van der Waals surface area contributed by atoms with Crippen molar-refractivity contribution in [3.63, 3.8) is 0 Å². The predicted octanol–water partition coefficient (Wildman–Crippen LogP) is 1.77. The summed E-state index contributed by atoms with van der Waals surface area (Å²) in [5.74, 6) is -0.113. The molecule has 1 rings (SSSR count). The van der Waals surface area contributed by atoms with Gasteiger partial charge in [0, 0.05) is 17.5 Å². The standard InChI is InChI=1S/C16H33N3O2/c1-15(2,3)18-13(19-16(4,5)6)9-11-21-14(20)12-8-7-10-17-12/h12-13,17-19H,7-11H2,1-6H3/t12-/m0/s1. The molecule has 0 spiro atoms. The molecular weight excluding hydrogens is 266 g/mol. The topological polar surface area (TPSA) is 62.4 Å². The lowest BCUT2D eigenvalue weighted by atomic mass is 10.1. The first-order valence-electron chi connectivity index (χ1n) is 8.02. The van der Waals surface area contributed by atoms with Gasteiger partial charge in [0.1, 0.15) is 6.04 Å². The second-order valence-electron chi connectivity index (χ2n) is 7.95. The average molecular weight is 299 g/mol. The monoisotopic (exact) mass is 299 g/mol. The van der Waals surface area contributed by atoms with Crippen LogP contribution in [0.4, 0.5) is 0 Å². The molecule has 3 N–H and O–H groups in total. The highest BCUT2D eigenvalue weighted by Gasteiger charge is 2.25. The van der Waals surface area contributed by atoms with E-state index < -0.39 is 0 Å². The minimum absolute atomic E-state index is 0.0138. The van der Waals surface area contributed by atoms with E-state index in [2.05, 4.69) is 57.5 Å². The van der Waals surface area contributed by atoms with E-state index in [4.69, 9.17) is 4.74 Å². The minimum Gasteiger partial charge on any atom is -0.464 e. The second-order valence-corrected chi connectivity index (χ2v) is 7.95. The third-order valence-corrected chi connectivity index (χ3v) is 3.21. The van der Waals surface area contributed by atoms with Crippen LogP contribution in [-0.4, -0.2) is 42.4 Å². The molecule has 0 aromatic heterocycles. The average Bonchev–Trinajstić information content (AvgIpc) is 2.77. The largest absolute Gasteiger partial charge is 0.464 e. The zero-order valence-corrected chi connectivity index (χ0v) is 14.5. The SMILES string of the molecule is CC(C)(C)NC(CCOC(=O)[C@@H]1CCCN1)NC(C)(C)C. The molecule has 0 bridgehead atoms. The lowest BCUT2D eigenvalue weighted by Crippen LogP contribution is -2.56. The Labute approximate surface area is 129 Å². The van der Waals surface area contributed by atoms with E-state index in [1.54, 1.807) is 0 Å². The molecule has 124 valence electrons. The van der Waals surface area contributed by atoms with E-state index in [0.29, 0.717) is 6.61 Å². The Hall–Kier alpha value is -0.650. The fraction of sp³-hybridized carbons (Fsp3) is 0.938. The van der Waals surface area contributed by atoms with Crippen LogP contribution in [0.2, 0.25) is 0 Å². The van der Waals surface area contributed by atoms with Gasteiger partial charge >= 0.3 is 5.97 Å². The molecule has 0 aromatic carbocycles. The van der Waals surface area contributed by atoms with Gasteiger partial charge in [-0.25, -0.2) is 0 Å². The Balaban J connectivity index is 2.39. The molecule has 5 nitrogen and oxygen atoms in total. The van der Waals surface area contributed by atoms with Crippen molar-refractivity contribution < 1.29 is 9.53 Å². The molecule has 5 heteroatoms. The number of esters is 1. The Morgan fingerprint density at radius 3 is 2.19 bits per heavy atom. The third-order valence-electron chi connectivity index (χ3n) is 3.21. The van der Waals surface area contributed by atoms with E-state index in [9.17, 15) is 4.79 Å². The summed E-state index contributed by atoms with van der Waals surface area (Å²) in [6, 6.07) is -0.102. The number of rotatable bonds is 6. The van der Waals surface area contributed by atoms with E-state index in [-0.39, 0.29) is 29.3 Å². The van der Waals surface area contributed by atoms with Gasteiger partial charge in [-0.1, -0.05) is 0 Å². The van der Waals surface area contributed by atoms with Gasteiger partial charge in [-0.15, -0.1) is 0 Å². The van der Waals surface area contributed by atoms with Crippen molar-refractivity contribution in [2.75, 3.05) is 13.2 Å². The summed E-state index contributed by atoms with van der Waals surface area (Å²) in [7, 11) is 0. The van der Waals surface area contributed by atoms with Crippen molar-refractivity contribution in [2.24, 2.45) is 0 Å². The van der Waals surface area contributed by atoms with Crippen LogP contribution < -0.4 is 16.0 Å². The molecular formula is C16H33N3O2. The van der Waals surface area contributed by atoms with Crippen LogP contribution in [0.15, 0.2) is 0 Å². The number of hydrogen-bond donors (Lipinski definition) is 3. The summed E-state index contributed by atoms with van der Waals surface area (Å²) in [5.41, 5.74) is 0.0276. The van der Waals surface area contributed by atoms with E-state index in [1.807, 2.05) is 0 Å². The predicted molar refractivity (Wildman–Crippen MR) is 86.2 cm³/mol. The maximum atomic E-state index is 11.9. The normalized spacial score (nSPS) is 20.0. The number of hydrogen-bond acceptors (Lipinski definition) is 5. The fourth-order valence-corrected chi connectivity index (χ4v) is 2.49. The molecule has 1 saturated heterocycles. The molecule has 0 saturated carbocycles. The van der Waals surface area contributed by atoms with Gasteiger partial charge in [-0.05, 0) is 60.9 Å². The van der Waals surface area contributed by atoms with Gasteiger partial charge < -0.3 is 10.1 Å². The Bertz CT molecular complexity index is 309. The molecule has 0 amide bonds. The first kappa shape index (κ1) is 18.4. The second kappa shape index (κ2) is 7.56. The van der Waals surface area contributed by atoms with Gasteiger partial charge in [0.15, 0.2) is 0 Å². The maximum absolute atomic E-state index is 11.9. The molecule has 1 heterocycles. The van der Waals surface area contributed by atoms with Crippen LogP contribution in [0.25, 0.3) is 0 Å². The van der Waals surface area contributed by atoms with Crippen molar-refractivity contribution in [1.82, 2.24) is 16.0 Å². The molecule has 1 atom stereocenters. The molecule has 0 radical (unpaired) electrons. The molecule has 0 unspecified atom stereocenters. The zero-order chi connectivity index (χ0) is 16.1. The number of carbonyl (C=O) groups is 1. The zero-order valence-electron chi connectivity index (χ0n) is 14.5. The highest BCUT2D eigenvalue weighted by Crippen LogP contribution is 2.09. The number of carbonyl (C=O) groups excluding carboxylic acids is 1. The Morgan fingerprint density at radius 2 is 1.76 bits per heavy atom. The van der Waals surface area contributed by atoms with Crippen molar-refractivity contribution in [3.8, 4) is 0 Å². The first-order valence-corrected chi connectivity index (χ1v) is 8.02. The molecule has 0 aromatic rings. The van der Waals surface area contributed by atoms with Gasteiger partial charge in [-0.2, -0.15) is 0 Å². The fourth-order valence-electron chi connectivity index (χ4n) is 2.49.